The number of unbranched alkanes of at least 4 members (excludes halogenated alkanes) is 23. The highest BCUT2D eigenvalue weighted by Crippen LogP contribution is 2.29. The zero-order valence-electron chi connectivity index (χ0n) is 44.6. The molecular weight excluding hydrogens is 947 g/mol. The minimum absolute atomic E-state index is 0.133. The fraction of sp³-hybridized carbons (Fsp3) is 0.678. The second kappa shape index (κ2) is 39.7. The van der Waals surface area contributed by atoms with E-state index in [4.69, 9.17) is 23.7 Å². The fourth-order valence-electron chi connectivity index (χ4n) is 9.10. The largest absolute Gasteiger partial charge is 0.481 e. The second-order valence-corrected chi connectivity index (χ2v) is 19.8. The lowest BCUT2D eigenvalue weighted by Crippen LogP contribution is -2.62. The maximum absolute atomic E-state index is 13.9. The molecule has 7 atom stereocenters. The van der Waals surface area contributed by atoms with Gasteiger partial charge in [-0.25, -0.2) is 9.59 Å². The summed E-state index contributed by atoms with van der Waals surface area (Å²) in [5.74, 6) is -6.82. The fourth-order valence-corrected chi connectivity index (χ4v) is 9.10. The molecule has 0 saturated carbocycles. The van der Waals surface area contributed by atoms with Crippen LogP contribution in [0.25, 0.3) is 0 Å². The predicted molar refractivity (Wildman–Crippen MR) is 285 cm³/mol. The summed E-state index contributed by atoms with van der Waals surface area (Å²) in [6.07, 6.45) is 23.4. The Balaban J connectivity index is 1.84. The number of benzene rings is 2. The van der Waals surface area contributed by atoms with Crippen LogP contribution in [0.1, 0.15) is 208 Å². The van der Waals surface area contributed by atoms with Gasteiger partial charge in [0.25, 0.3) is 0 Å². The minimum Gasteiger partial charge on any atom is -0.481 e. The normalized spacial score (nSPS) is 18.5. The van der Waals surface area contributed by atoms with E-state index in [1.54, 1.807) is 54.6 Å². The Morgan fingerprint density at radius 1 is 0.622 bits per heavy atom. The molecule has 74 heavy (non-hydrogen) atoms. The zero-order chi connectivity index (χ0) is 53.6. The number of carbonyl (C=O) groups is 5. The first-order valence-electron chi connectivity index (χ1n) is 28.1. The van der Waals surface area contributed by atoms with E-state index < -0.39 is 92.3 Å². The smallest absolute Gasteiger partial charge is 0.338 e. The summed E-state index contributed by atoms with van der Waals surface area (Å²) < 4.78 is 30.4. The molecule has 0 bridgehead atoms. The number of amides is 1. The maximum Gasteiger partial charge on any atom is 0.338 e. The number of esters is 2. The van der Waals surface area contributed by atoms with Crippen molar-refractivity contribution in [2.24, 2.45) is 5.92 Å². The highest BCUT2D eigenvalue weighted by molar-refractivity contribution is 5.93. The average Bonchev–Trinajstić information content (AvgIpc) is 3.40. The number of nitrogens with one attached hydrogen (secondary N) is 1. The molecule has 5 N–H and O–H groups in total. The van der Waals surface area contributed by atoms with Crippen LogP contribution in [-0.2, 0) is 38.1 Å². The average molecular weight is 1040 g/mol. The number of carbonyl (C=O) groups excluding carboxylic acids is 3. The topological polar surface area (TPSA) is 224 Å². The van der Waals surface area contributed by atoms with Crippen LogP contribution >= 0.6 is 0 Å². The van der Waals surface area contributed by atoms with Crippen molar-refractivity contribution < 1.29 is 68.1 Å². The second-order valence-electron chi connectivity index (χ2n) is 19.8. The third-order valence-electron chi connectivity index (χ3n) is 13.6. The number of carboxylic acids is 2. The van der Waals surface area contributed by atoms with Gasteiger partial charge in [0.2, 0.25) is 5.91 Å². The lowest BCUT2D eigenvalue weighted by atomic mass is 9.98. The molecule has 2 aromatic carbocycles. The van der Waals surface area contributed by atoms with Gasteiger partial charge < -0.3 is 49.4 Å². The van der Waals surface area contributed by atoms with Crippen LogP contribution in [0.15, 0.2) is 72.8 Å². The van der Waals surface area contributed by atoms with E-state index in [0.717, 1.165) is 44.9 Å². The van der Waals surface area contributed by atoms with E-state index in [9.17, 15) is 44.4 Å². The highest BCUT2D eigenvalue weighted by Gasteiger charge is 2.49. The van der Waals surface area contributed by atoms with Gasteiger partial charge >= 0.3 is 23.9 Å². The summed E-state index contributed by atoms with van der Waals surface area (Å²) in [6, 6.07) is 15.4. The quantitative estimate of drug-likeness (QED) is 0.0180. The SMILES string of the molecule is CCCCCCCCCCCCC/C=C/[C@@H](OC(=O)c1ccccc1)[C@H](CO[C@@H]1O[C@H](CO)[C@H](O)[C@H](OC(=O)c2ccccc2)[C@H]1OCCC(C(=O)O)C(=O)O)NC(=O)CCCCCCCCCCCCCCC. The van der Waals surface area contributed by atoms with Crippen molar-refractivity contribution in [1.82, 2.24) is 5.32 Å². The zero-order valence-corrected chi connectivity index (χ0v) is 44.6. The van der Waals surface area contributed by atoms with Gasteiger partial charge in [-0.3, -0.25) is 14.4 Å². The molecule has 1 fully saturated rings. The van der Waals surface area contributed by atoms with Crippen LogP contribution in [0.3, 0.4) is 0 Å². The molecule has 0 aliphatic carbocycles. The summed E-state index contributed by atoms with van der Waals surface area (Å²) in [5.41, 5.74) is 0.427. The molecule has 416 valence electrons. The highest BCUT2D eigenvalue weighted by atomic mass is 16.7. The summed E-state index contributed by atoms with van der Waals surface area (Å²) in [4.78, 5) is 64.7. The third-order valence-corrected chi connectivity index (χ3v) is 13.6. The number of hydrogen-bond donors (Lipinski definition) is 5. The van der Waals surface area contributed by atoms with Crippen LogP contribution in [0, 0.1) is 5.92 Å². The van der Waals surface area contributed by atoms with E-state index in [0.29, 0.717) is 18.4 Å². The molecule has 2 aromatic rings. The Hall–Kier alpha value is -4.67. The van der Waals surface area contributed by atoms with Gasteiger partial charge in [0, 0.05) is 13.0 Å². The lowest BCUT2D eigenvalue weighted by Gasteiger charge is -2.43. The molecule has 15 heteroatoms. The molecule has 1 amide bonds. The molecule has 3 rings (SSSR count). The van der Waals surface area contributed by atoms with Gasteiger partial charge in [-0.15, -0.1) is 0 Å². The molecule has 0 radical (unpaired) electrons. The van der Waals surface area contributed by atoms with E-state index in [1.807, 2.05) is 6.08 Å². The van der Waals surface area contributed by atoms with Crippen molar-refractivity contribution in [2.45, 2.75) is 230 Å². The van der Waals surface area contributed by atoms with Gasteiger partial charge in [0.15, 0.2) is 18.3 Å². The van der Waals surface area contributed by atoms with E-state index in [2.05, 4.69) is 19.2 Å². The van der Waals surface area contributed by atoms with Crippen LogP contribution in [0.5, 0.6) is 0 Å². The molecule has 0 spiro atoms. The standard InChI is InChI=1S/C59H91NO14/c1-3-5-7-9-11-13-15-17-19-21-23-25-33-39-49(72-57(68)45-35-29-27-30-36-45)48(60-51(62)40-34-26-24-22-20-18-16-14-12-10-8-6-4-2)44-71-59-54(70-42-41-47(55(64)65)56(66)67)53(52(63)50(43-61)73-59)74-58(69)46-37-31-28-32-38-46/h27-33,35-39,47-50,52-54,59,61,63H,3-26,34,40-44H2,1-2H3,(H,60,62)(H,64,65)(H,66,67)/b39-33+/t48-,49+,50+,52-,53-,54+,59+/m0/s1. The number of ether oxygens (including phenoxy) is 5. The van der Waals surface area contributed by atoms with E-state index in [-0.39, 0.29) is 24.5 Å². The summed E-state index contributed by atoms with van der Waals surface area (Å²) >= 11 is 0. The molecule has 0 unspecified atom stereocenters. The van der Waals surface area contributed by atoms with Crippen LogP contribution in [0.4, 0.5) is 0 Å². The van der Waals surface area contributed by atoms with E-state index in [1.165, 1.54) is 115 Å². The van der Waals surface area contributed by atoms with Crippen molar-refractivity contribution >= 4 is 29.8 Å². The third kappa shape index (κ3) is 26.2. The van der Waals surface area contributed by atoms with Gasteiger partial charge in [-0.05, 0) is 56.0 Å². The first kappa shape index (κ1) is 63.6. The van der Waals surface area contributed by atoms with Crippen molar-refractivity contribution in [1.29, 1.82) is 0 Å². The Kier molecular flexibility index (Phi) is 34.1. The Labute approximate surface area is 441 Å². The van der Waals surface area contributed by atoms with Crippen molar-refractivity contribution in [3.05, 3.63) is 83.9 Å². The Morgan fingerprint density at radius 2 is 1.09 bits per heavy atom. The number of allylic oxidation sites excluding steroid dienone is 1. The van der Waals surface area contributed by atoms with Crippen LogP contribution in [-0.4, -0.2) is 113 Å². The number of hydrogen-bond acceptors (Lipinski definition) is 12. The molecule has 0 aromatic heterocycles. The van der Waals surface area contributed by atoms with Gasteiger partial charge in [0.05, 0.1) is 30.4 Å². The minimum atomic E-state index is -1.84. The molecule has 1 saturated heterocycles. The maximum atomic E-state index is 13.9. The molecule has 1 heterocycles. The predicted octanol–water partition coefficient (Wildman–Crippen LogP) is 11.3. The Bertz CT molecular complexity index is 1830. The van der Waals surface area contributed by atoms with Gasteiger partial charge in [-0.1, -0.05) is 198 Å². The number of aliphatic carboxylic acids is 2. The van der Waals surface area contributed by atoms with Gasteiger partial charge in [-0.2, -0.15) is 0 Å². The molecule has 1 aliphatic heterocycles. The number of aliphatic hydroxyl groups excluding tert-OH is 2. The molecule has 1 aliphatic rings. The van der Waals surface area contributed by atoms with E-state index >= 15 is 0 Å². The summed E-state index contributed by atoms with van der Waals surface area (Å²) in [7, 11) is 0. The van der Waals surface area contributed by atoms with Crippen LogP contribution in [0.2, 0.25) is 0 Å². The number of aliphatic hydroxyl groups is 2. The molecule has 15 nitrogen and oxygen atoms in total. The Morgan fingerprint density at radius 3 is 1.58 bits per heavy atom. The first-order valence-corrected chi connectivity index (χ1v) is 28.1. The number of rotatable bonds is 43. The monoisotopic (exact) mass is 1040 g/mol. The molecular formula is C59H91NO14. The van der Waals surface area contributed by atoms with Crippen molar-refractivity contribution in [3.63, 3.8) is 0 Å². The lowest BCUT2D eigenvalue weighted by molar-refractivity contribution is -0.310. The summed E-state index contributed by atoms with van der Waals surface area (Å²) in [6.45, 7) is 2.82. The van der Waals surface area contributed by atoms with Crippen molar-refractivity contribution in [2.75, 3.05) is 19.8 Å². The number of carboxylic acid groups (broad SMARTS) is 2. The van der Waals surface area contributed by atoms with Crippen LogP contribution < -0.4 is 5.32 Å². The summed E-state index contributed by atoms with van der Waals surface area (Å²) in [5, 5.41) is 44.0. The van der Waals surface area contributed by atoms with Crippen molar-refractivity contribution in [3.8, 4) is 0 Å². The first-order chi connectivity index (χ1) is 36.0. The van der Waals surface area contributed by atoms with Gasteiger partial charge in [0.1, 0.15) is 24.4 Å².